The molecule has 0 spiro atoms. The van der Waals surface area contributed by atoms with Crippen LogP contribution >= 0.6 is 0 Å². The Morgan fingerprint density at radius 2 is 2.00 bits per heavy atom. The molecule has 0 aliphatic carbocycles. The topological polar surface area (TPSA) is 7.68 Å². The van der Waals surface area contributed by atoms with Gasteiger partial charge in [0.15, 0.2) is 0 Å². The van der Waals surface area contributed by atoms with Gasteiger partial charge in [0.2, 0.25) is 0 Å². The van der Waals surface area contributed by atoms with Crippen molar-refractivity contribution in [2.75, 3.05) is 33.4 Å². The van der Waals surface area contributed by atoms with Gasteiger partial charge in [-0.2, -0.15) is 0 Å². The van der Waals surface area contributed by atoms with E-state index in [1.165, 1.54) is 44.7 Å². The maximum absolute atomic E-state index is 2.57. The molecule has 90 valence electrons. The number of hydrogen-bond donors (Lipinski definition) is 1. The minimum Gasteiger partial charge on any atom is -1.00 e. The van der Waals surface area contributed by atoms with Crippen molar-refractivity contribution in [2.45, 2.75) is 12.8 Å². The van der Waals surface area contributed by atoms with Crippen LogP contribution in [0.4, 0.5) is 0 Å². The highest BCUT2D eigenvalue weighted by molar-refractivity contribution is 5.14. The van der Waals surface area contributed by atoms with Crippen molar-refractivity contribution in [1.82, 2.24) is 4.90 Å². The van der Waals surface area contributed by atoms with Crippen molar-refractivity contribution in [2.24, 2.45) is 0 Å². The van der Waals surface area contributed by atoms with Crippen molar-refractivity contribution in [1.29, 1.82) is 0 Å². The van der Waals surface area contributed by atoms with Gasteiger partial charge in [-0.15, -0.1) is 0 Å². The van der Waals surface area contributed by atoms with Gasteiger partial charge in [-0.05, 0) is 18.4 Å². The molecular weight excluding hydrogens is 220 g/mol. The molecule has 1 aliphatic heterocycles. The number of quaternary nitrogens is 1. The van der Waals surface area contributed by atoms with Crippen LogP contribution in [0.5, 0.6) is 0 Å². The third-order valence-electron chi connectivity index (χ3n) is 3.13. The smallest absolute Gasteiger partial charge is 0.133 e. The van der Waals surface area contributed by atoms with Crippen LogP contribution in [0, 0.1) is 0 Å². The molecule has 1 fully saturated rings. The molecule has 2 rings (SSSR count). The van der Waals surface area contributed by atoms with Gasteiger partial charge in [-0.25, -0.2) is 0 Å². The van der Waals surface area contributed by atoms with Crippen LogP contribution in [-0.2, 0) is 6.42 Å². The summed E-state index contributed by atoms with van der Waals surface area (Å²) >= 11 is 0. The molecule has 1 aromatic rings. The molecule has 1 N–H and O–H groups in total. The summed E-state index contributed by atoms with van der Waals surface area (Å²) < 4.78 is 0. The largest absolute Gasteiger partial charge is 1.00 e. The summed E-state index contributed by atoms with van der Waals surface area (Å²) in [5, 5.41) is 0. The zero-order valence-corrected chi connectivity index (χ0v) is 10.7. The molecule has 1 aromatic carbocycles. The predicted octanol–water partition coefficient (Wildman–Crippen LogP) is -2.59. The Kier molecular flexibility index (Phi) is 5.81. The van der Waals surface area contributed by atoms with Gasteiger partial charge in [-0.3, -0.25) is 4.90 Å². The van der Waals surface area contributed by atoms with Crippen molar-refractivity contribution >= 4 is 0 Å². The van der Waals surface area contributed by atoms with Crippen LogP contribution < -0.4 is 17.3 Å². The van der Waals surface area contributed by atoms with Crippen molar-refractivity contribution in [3.05, 3.63) is 35.9 Å². The van der Waals surface area contributed by atoms with Crippen LogP contribution in [0.2, 0.25) is 0 Å². The molecule has 0 amide bonds. The van der Waals surface area contributed by atoms with Gasteiger partial charge in [0, 0.05) is 6.54 Å². The Hall–Kier alpha value is -0.570. The molecule has 0 bridgehead atoms. The zero-order valence-electron chi connectivity index (χ0n) is 9.95. The summed E-state index contributed by atoms with van der Waals surface area (Å²) in [6.07, 6.45) is 2.51. The molecule has 1 unspecified atom stereocenters. The molecule has 0 aromatic heterocycles. The fourth-order valence-corrected chi connectivity index (χ4v) is 2.23. The molecule has 1 aliphatic rings. The number of aryl methyl sites for hydroxylation is 1. The summed E-state index contributed by atoms with van der Waals surface area (Å²) in [5.41, 5.74) is 1.47. The van der Waals surface area contributed by atoms with E-state index in [1.807, 2.05) is 0 Å². The van der Waals surface area contributed by atoms with E-state index in [0.717, 1.165) is 0 Å². The average molecular weight is 241 g/mol. The standard InChI is InChI=1S/C13H20N2.ClH/c1-14-10-11-15(12-14)9-5-8-13-6-3-2-4-7-13;/h2-4,6-7H,5,8-12H2,1H3;1H. The first-order chi connectivity index (χ1) is 7.34. The number of hydrogen-bond acceptors (Lipinski definition) is 1. The molecule has 0 radical (unpaired) electrons. The fourth-order valence-electron chi connectivity index (χ4n) is 2.23. The molecule has 3 heteroatoms. The van der Waals surface area contributed by atoms with Crippen LogP contribution in [0.25, 0.3) is 0 Å². The van der Waals surface area contributed by atoms with Gasteiger partial charge in [0.25, 0.3) is 0 Å². The minimum atomic E-state index is 0. The molecule has 1 saturated heterocycles. The van der Waals surface area contributed by atoms with E-state index in [2.05, 4.69) is 42.3 Å². The quantitative estimate of drug-likeness (QED) is 0.607. The number of halogens is 1. The first kappa shape index (κ1) is 13.5. The average Bonchev–Trinajstić information content (AvgIpc) is 2.66. The van der Waals surface area contributed by atoms with E-state index < -0.39 is 0 Å². The Morgan fingerprint density at radius 1 is 1.25 bits per heavy atom. The lowest BCUT2D eigenvalue weighted by Gasteiger charge is -2.12. The predicted molar refractivity (Wildman–Crippen MR) is 63.0 cm³/mol. The molecule has 2 nitrogen and oxygen atoms in total. The van der Waals surface area contributed by atoms with Gasteiger partial charge < -0.3 is 17.3 Å². The molecule has 1 heterocycles. The van der Waals surface area contributed by atoms with E-state index in [4.69, 9.17) is 0 Å². The van der Waals surface area contributed by atoms with Gasteiger partial charge in [0.05, 0.1) is 20.1 Å². The first-order valence-corrected chi connectivity index (χ1v) is 5.92. The second kappa shape index (κ2) is 6.89. The number of likely N-dealkylation sites (N-methyl/N-ethyl adjacent to an activating group) is 1. The lowest BCUT2D eigenvalue weighted by atomic mass is 10.1. The summed E-state index contributed by atoms with van der Waals surface area (Å²) in [4.78, 5) is 4.22. The van der Waals surface area contributed by atoms with Crippen LogP contribution in [0.15, 0.2) is 30.3 Å². The number of benzene rings is 1. The van der Waals surface area contributed by atoms with E-state index >= 15 is 0 Å². The molecular formula is C13H21ClN2. The Labute approximate surface area is 105 Å². The lowest BCUT2D eigenvalue weighted by molar-refractivity contribution is -0.871. The molecule has 1 atom stereocenters. The highest BCUT2D eigenvalue weighted by atomic mass is 35.5. The van der Waals surface area contributed by atoms with Crippen LogP contribution in [-0.4, -0.2) is 38.3 Å². The molecule has 16 heavy (non-hydrogen) atoms. The van der Waals surface area contributed by atoms with Crippen LogP contribution in [0.3, 0.4) is 0 Å². The Bertz CT molecular complexity index is 289. The van der Waals surface area contributed by atoms with Crippen LogP contribution in [0.1, 0.15) is 12.0 Å². The van der Waals surface area contributed by atoms with Gasteiger partial charge in [-0.1, -0.05) is 30.3 Å². The number of rotatable bonds is 4. The third kappa shape index (κ3) is 4.12. The van der Waals surface area contributed by atoms with E-state index in [0.29, 0.717) is 0 Å². The number of nitrogens with zero attached hydrogens (tertiary/aromatic N) is 1. The SMILES string of the molecule is C[NH+]1CCN(CCCc2ccccc2)C1.[Cl-]. The molecule has 0 saturated carbocycles. The second-order valence-corrected chi connectivity index (χ2v) is 4.57. The van der Waals surface area contributed by atoms with E-state index in [1.54, 1.807) is 4.90 Å². The monoisotopic (exact) mass is 240 g/mol. The van der Waals surface area contributed by atoms with E-state index in [-0.39, 0.29) is 12.4 Å². The first-order valence-electron chi connectivity index (χ1n) is 5.92. The fraction of sp³-hybridized carbons (Fsp3) is 0.538. The van der Waals surface area contributed by atoms with Gasteiger partial charge in [0.1, 0.15) is 6.67 Å². The zero-order chi connectivity index (χ0) is 10.5. The summed E-state index contributed by atoms with van der Waals surface area (Å²) in [6, 6.07) is 10.8. The minimum absolute atomic E-state index is 0. The Morgan fingerprint density at radius 3 is 2.62 bits per heavy atom. The van der Waals surface area contributed by atoms with Gasteiger partial charge >= 0.3 is 0 Å². The van der Waals surface area contributed by atoms with E-state index in [9.17, 15) is 0 Å². The lowest BCUT2D eigenvalue weighted by Crippen LogP contribution is -3.07. The normalized spacial score (nSPS) is 20.7. The van der Waals surface area contributed by atoms with Crippen molar-refractivity contribution < 1.29 is 17.3 Å². The summed E-state index contributed by atoms with van der Waals surface area (Å²) in [6.45, 7) is 5.08. The highest BCUT2D eigenvalue weighted by Gasteiger charge is 2.18. The Balaban J connectivity index is 0.00000128. The maximum atomic E-state index is 2.57. The number of nitrogens with one attached hydrogen (secondary N) is 1. The van der Waals surface area contributed by atoms with Crippen molar-refractivity contribution in [3.63, 3.8) is 0 Å². The summed E-state index contributed by atoms with van der Waals surface area (Å²) in [5.74, 6) is 0. The second-order valence-electron chi connectivity index (χ2n) is 4.57. The summed E-state index contributed by atoms with van der Waals surface area (Å²) in [7, 11) is 2.27. The maximum Gasteiger partial charge on any atom is 0.133 e. The van der Waals surface area contributed by atoms with Crippen molar-refractivity contribution in [3.8, 4) is 0 Å². The third-order valence-corrected chi connectivity index (χ3v) is 3.13. The highest BCUT2D eigenvalue weighted by Crippen LogP contribution is 2.03.